The summed E-state index contributed by atoms with van der Waals surface area (Å²) < 4.78 is 2.28. The van der Waals surface area contributed by atoms with E-state index in [0.29, 0.717) is 6.42 Å². The standard InChI is InChI=1S/C19H27NO/c1-7-20-18(9-8-17(6)21)10-11-19(20)13-16(5)15(4)12-14(2)3/h10-13H,2,7-9H2,1,3-6H3/b15-12-,16-13+. The predicted molar refractivity (Wildman–Crippen MR) is 91.3 cm³/mol. The summed E-state index contributed by atoms with van der Waals surface area (Å²) in [4.78, 5) is 11.2. The maximum atomic E-state index is 11.2. The lowest BCUT2D eigenvalue weighted by Crippen LogP contribution is -2.04. The van der Waals surface area contributed by atoms with Gasteiger partial charge in [-0.2, -0.15) is 0 Å². The van der Waals surface area contributed by atoms with Crippen LogP contribution in [0.25, 0.3) is 6.08 Å². The Bertz CT molecular complexity index is 585. The number of rotatable bonds is 7. The smallest absolute Gasteiger partial charge is 0.130 e. The molecule has 0 aliphatic heterocycles. The molecule has 0 saturated carbocycles. The molecule has 0 aromatic carbocycles. The Balaban J connectivity index is 3.03. The first kappa shape index (κ1) is 17.2. The van der Waals surface area contributed by atoms with Gasteiger partial charge in [-0.25, -0.2) is 0 Å². The number of carbonyl (C=O) groups excluding carboxylic acids is 1. The fourth-order valence-electron chi connectivity index (χ4n) is 2.38. The average molecular weight is 285 g/mol. The van der Waals surface area contributed by atoms with Gasteiger partial charge in [-0.15, -0.1) is 0 Å². The van der Waals surface area contributed by atoms with Gasteiger partial charge in [0.05, 0.1) is 0 Å². The molecule has 0 radical (unpaired) electrons. The lowest BCUT2D eigenvalue weighted by atomic mass is 10.1. The Morgan fingerprint density at radius 3 is 2.38 bits per heavy atom. The molecule has 2 heteroatoms. The second-order valence-corrected chi connectivity index (χ2v) is 5.70. The molecular weight excluding hydrogens is 258 g/mol. The fraction of sp³-hybridized carbons (Fsp3) is 0.421. The van der Waals surface area contributed by atoms with Gasteiger partial charge in [-0.3, -0.25) is 0 Å². The zero-order chi connectivity index (χ0) is 16.0. The van der Waals surface area contributed by atoms with Gasteiger partial charge >= 0.3 is 0 Å². The summed E-state index contributed by atoms with van der Waals surface area (Å²) in [6, 6.07) is 4.26. The van der Waals surface area contributed by atoms with Crippen molar-refractivity contribution in [1.82, 2.24) is 4.57 Å². The van der Waals surface area contributed by atoms with E-state index in [1.807, 2.05) is 6.92 Å². The number of Topliss-reactive ketones (excluding diaryl/α,β-unsaturated/α-hetero) is 1. The highest BCUT2D eigenvalue weighted by Crippen LogP contribution is 2.19. The SMILES string of the molecule is C=C(C)/C=C(C)\C(C)=C\c1ccc(CCC(C)=O)n1CC. The van der Waals surface area contributed by atoms with E-state index in [1.165, 1.54) is 22.5 Å². The first-order valence-electron chi connectivity index (χ1n) is 7.55. The molecule has 0 aliphatic carbocycles. The van der Waals surface area contributed by atoms with Gasteiger partial charge in [0.25, 0.3) is 0 Å². The minimum atomic E-state index is 0.243. The number of aryl methyl sites for hydroxylation is 1. The van der Waals surface area contributed by atoms with Gasteiger partial charge in [0.15, 0.2) is 0 Å². The highest BCUT2D eigenvalue weighted by Gasteiger charge is 2.07. The molecule has 1 heterocycles. The summed E-state index contributed by atoms with van der Waals surface area (Å²) in [5, 5.41) is 0. The molecule has 1 aromatic heterocycles. The van der Waals surface area contributed by atoms with Crippen LogP contribution in [0.5, 0.6) is 0 Å². The van der Waals surface area contributed by atoms with Gasteiger partial charge in [-0.1, -0.05) is 18.2 Å². The van der Waals surface area contributed by atoms with Crippen molar-refractivity contribution in [2.75, 3.05) is 0 Å². The predicted octanol–water partition coefficient (Wildman–Crippen LogP) is 4.96. The third-order valence-corrected chi connectivity index (χ3v) is 3.60. The molecule has 0 fully saturated rings. The van der Waals surface area contributed by atoms with Crippen molar-refractivity contribution >= 4 is 11.9 Å². The van der Waals surface area contributed by atoms with Crippen molar-refractivity contribution in [3.8, 4) is 0 Å². The molecule has 114 valence electrons. The number of hydrogen-bond donors (Lipinski definition) is 0. The van der Waals surface area contributed by atoms with Gasteiger partial charge in [-0.05, 0) is 70.4 Å². The maximum Gasteiger partial charge on any atom is 0.130 e. The summed E-state index contributed by atoms with van der Waals surface area (Å²) in [6.07, 6.45) is 5.73. The second-order valence-electron chi connectivity index (χ2n) is 5.70. The number of carbonyl (C=O) groups is 1. The van der Waals surface area contributed by atoms with Crippen LogP contribution in [0.4, 0.5) is 0 Å². The molecule has 0 N–H and O–H groups in total. The van der Waals surface area contributed by atoms with Crippen LogP contribution >= 0.6 is 0 Å². The van der Waals surface area contributed by atoms with Gasteiger partial charge in [0.2, 0.25) is 0 Å². The van der Waals surface area contributed by atoms with Crippen LogP contribution in [0.15, 0.2) is 41.5 Å². The molecule has 0 amide bonds. The van der Waals surface area contributed by atoms with E-state index in [-0.39, 0.29) is 5.78 Å². The van der Waals surface area contributed by atoms with Gasteiger partial charge in [0, 0.05) is 24.4 Å². The van der Waals surface area contributed by atoms with E-state index in [9.17, 15) is 4.79 Å². The van der Waals surface area contributed by atoms with Gasteiger partial charge in [0.1, 0.15) is 5.78 Å². The van der Waals surface area contributed by atoms with Crippen molar-refractivity contribution < 1.29 is 4.79 Å². The minimum absolute atomic E-state index is 0.243. The van der Waals surface area contributed by atoms with Crippen LogP contribution in [-0.4, -0.2) is 10.4 Å². The molecule has 0 spiro atoms. The zero-order valence-corrected chi connectivity index (χ0v) is 14.0. The lowest BCUT2D eigenvalue weighted by molar-refractivity contribution is -0.117. The number of nitrogens with zero attached hydrogens (tertiary/aromatic N) is 1. The van der Waals surface area contributed by atoms with E-state index in [4.69, 9.17) is 0 Å². The Morgan fingerprint density at radius 2 is 1.86 bits per heavy atom. The van der Waals surface area contributed by atoms with E-state index in [2.05, 4.69) is 56.2 Å². The van der Waals surface area contributed by atoms with Crippen LogP contribution in [-0.2, 0) is 17.8 Å². The van der Waals surface area contributed by atoms with Crippen LogP contribution in [0.3, 0.4) is 0 Å². The highest BCUT2D eigenvalue weighted by molar-refractivity contribution is 5.75. The molecule has 1 rings (SSSR count). The van der Waals surface area contributed by atoms with E-state index in [0.717, 1.165) is 18.5 Å². The topological polar surface area (TPSA) is 22.0 Å². The largest absolute Gasteiger partial charge is 0.345 e. The molecule has 21 heavy (non-hydrogen) atoms. The summed E-state index contributed by atoms with van der Waals surface area (Å²) >= 11 is 0. The first-order valence-corrected chi connectivity index (χ1v) is 7.55. The van der Waals surface area contributed by atoms with E-state index in [1.54, 1.807) is 6.92 Å². The average Bonchev–Trinajstić information content (AvgIpc) is 2.77. The van der Waals surface area contributed by atoms with Crippen molar-refractivity contribution in [2.45, 2.75) is 54.0 Å². The highest BCUT2D eigenvalue weighted by atomic mass is 16.1. The van der Waals surface area contributed by atoms with Crippen LogP contribution < -0.4 is 0 Å². The van der Waals surface area contributed by atoms with Crippen molar-refractivity contribution in [2.24, 2.45) is 0 Å². The fourth-order valence-corrected chi connectivity index (χ4v) is 2.38. The molecule has 0 saturated heterocycles. The molecule has 1 aromatic rings. The Kier molecular flexibility index (Phi) is 6.41. The third-order valence-electron chi connectivity index (χ3n) is 3.60. The lowest BCUT2D eigenvalue weighted by Gasteiger charge is -2.10. The normalized spacial score (nSPS) is 12.6. The summed E-state index contributed by atoms with van der Waals surface area (Å²) in [5.74, 6) is 0.243. The summed E-state index contributed by atoms with van der Waals surface area (Å²) in [7, 11) is 0. The number of allylic oxidation sites excluding steroid dienone is 4. The molecular formula is C19H27NO. The zero-order valence-electron chi connectivity index (χ0n) is 14.0. The summed E-state index contributed by atoms with van der Waals surface area (Å²) in [6.45, 7) is 14.9. The van der Waals surface area contributed by atoms with Crippen molar-refractivity contribution in [3.63, 3.8) is 0 Å². The first-order chi connectivity index (χ1) is 9.85. The summed E-state index contributed by atoms with van der Waals surface area (Å²) in [5.41, 5.74) is 5.96. The second kappa shape index (κ2) is 7.82. The van der Waals surface area contributed by atoms with Crippen LogP contribution in [0, 0.1) is 0 Å². The Hall–Kier alpha value is -1.83. The van der Waals surface area contributed by atoms with E-state index >= 15 is 0 Å². The van der Waals surface area contributed by atoms with Gasteiger partial charge < -0.3 is 9.36 Å². The van der Waals surface area contributed by atoms with Crippen LogP contribution in [0.1, 0.15) is 52.4 Å². The number of aromatic nitrogens is 1. The Morgan fingerprint density at radius 1 is 1.19 bits per heavy atom. The molecule has 0 atom stereocenters. The van der Waals surface area contributed by atoms with E-state index < -0.39 is 0 Å². The molecule has 0 bridgehead atoms. The third kappa shape index (κ3) is 5.22. The van der Waals surface area contributed by atoms with Crippen molar-refractivity contribution in [3.05, 3.63) is 52.9 Å². The monoisotopic (exact) mass is 285 g/mol. The molecule has 0 aliphatic rings. The molecule has 2 nitrogen and oxygen atoms in total. The maximum absolute atomic E-state index is 11.2. The number of hydrogen-bond acceptors (Lipinski definition) is 1. The quantitative estimate of drug-likeness (QED) is 0.649. The number of ketones is 1. The van der Waals surface area contributed by atoms with Crippen LogP contribution in [0.2, 0.25) is 0 Å². The van der Waals surface area contributed by atoms with Crippen molar-refractivity contribution in [1.29, 1.82) is 0 Å². The molecule has 0 unspecified atom stereocenters. The minimum Gasteiger partial charge on any atom is -0.345 e. The Labute approximate surface area is 128 Å².